The van der Waals surface area contributed by atoms with Gasteiger partial charge < -0.3 is 9.84 Å². The van der Waals surface area contributed by atoms with E-state index >= 15 is 0 Å². The molecule has 29 heavy (non-hydrogen) atoms. The zero-order valence-electron chi connectivity index (χ0n) is 17.1. The number of aliphatic hydroxyl groups excluding tert-OH is 1. The maximum absolute atomic E-state index is 13.1. The molecule has 0 aromatic heterocycles. The fourth-order valence-corrected chi connectivity index (χ4v) is 4.46. The van der Waals surface area contributed by atoms with Gasteiger partial charge in [0.15, 0.2) is 0 Å². The van der Waals surface area contributed by atoms with Crippen LogP contribution in [-0.2, 0) is 9.53 Å². The van der Waals surface area contributed by atoms with E-state index in [2.05, 4.69) is 39.1 Å². The SMILES string of the molecule is CC(C)CC(CCC(CS)CS)C(O)C(=O)N1C(=O)OCC1c1ccccc1.[Ac]. The summed E-state index contributed by atoms with van der Waals surface area (Å²) in [5.41, 5.74) is 0.819. The van der Waals surface area contributed by atoms with E-state index in [4.69, 9.17) is 4.74 Å². The number of hydrogen-bond donors (Lipinski definition) is 3. The van der Waals surface area contributed by atoms with Crippen LogP contribution in [0.5, 0.6) is 0 Å². The maximum Gasteiger partial charge on any atom is 0.417 e. The van der Waals surface area contributed by atoms with Crippen LogP contribution in [0.4, 0.5) is 4.79 Å². The van der Waals surface area contributed by atoms with Gasteiger partial charge in [0.2, 0.25) is 0 Å². The molecule has 3 unspecified atom stereocenters. The molecular formula is C21H31AcNO4S2. The molecular weight excluding hydrogens is 621 g/mol. The number of cyclic esters (lactones) is 1. The standard InChI is InChI=1S/C21H31NO4S2.Ac/c1-14(2)10-17(9-8-15(12-27)13-28)19(23)20(24)22-18(11-26-21(22)25)16-6-4-3-5-7-16;/h3-7,14-15,17-19,23,27-28H,8-13H2,1-2H3;. The third-order valence-electron chi connectivity index (χ3n) is 5.23. The predicted molar refractivity (Wildman–Crippen MR) is 117 cm³/mol. The minimum Gasteiger partial charge on any atom is -0.446 e. The number of benzene rings is 1. The molecule has 5 nitrogen and oxygen atoms in total. The zero-order chi connectivity index (χ0) is 20.7. The first-order valence-electron chi connectivity index (χ1n) is 9.83. The van der Waals surface area contributed by atoms with Gasteiger partial charge in [-0.3, -0.25) is 4.79 Å². The molecule has 0 spiro atoms. The first kappa shape index (κ1) is 27.3. The second-order valence-electron chi connectivity index (χ2n) is 7.85. The average Bonchev–Trinajstić information content (AvgIpc) is 3.08. The van der Waals surface area contributed by atoms with Crippen LogP contribution in [-0.4, -0.2) is 46.2 Å². The van der Waals surface area contributed by atoms with Gasteiger partial charge in [-0.1, -0.05) is 44.2 Å². The second kappa shape index (κ2) is 13.6. The summed E-state index contributed by atoms with van der Waals surface area (Å²) in [6.45, 7) is 4.24. The Bertz CT molecular complexity index is 643. The first-order chi connectivity index (χ1) is 13.4. The Morgan fingerprint density at radius 2 is 1.83 bits per heavy atom. The maximum atomic E-state index is 13.1. The average molecular weight is 653 g/mol. The van der Waals surface area contributed by atoms with Crippen LogP contribution in [0, 0.1) is 61.8 Å². The zero-order valence-corrected chi connectivity index (χ0v) is 23.6. The van der Waals surface area contributed by atoms with Crippen molar-refractivity contribution in [1.29, 1.82) is 0 Å². The van der Waals surface area contributed by atoms with Gasteiger partial charge in [0.1, 0.15) is 18.8 Å². The van der Waals surface area contributed by atoms with Gasteiger partial charge in [-0.05, 0) is 54.1 Å². The molecule has 1 aromatic rings. The van der Waals surface area contributed by atoms with E-state index in [-0.39, 0.29) is 56.6 Å². The van der Waals surface area contributed by atoms with Crippen molar-refractivity contribution in [1.82, 2.24) is 4.90 Å². The van der Waals surface area contributed by atoms with Gasteiger partial charge >= 0.3 is 6.09 Å². The molecule has 0 bridgehead atoms. The number of imide groups is 1. The van der Waals surface area contributed by atoms with Gasteiger partial charge in [0.05, 0.1) is 0 Å². The number of ether oxygens (including phenoxy) is 1. The van der Waals surface area contributed by atoms with Crippen LogP contribution in [0.25, 0.3) is 0 Å². The summed E-state index contributed by atoms with van der Waals surface area (Å²) in [5.74, 6) is 1.30. The number of carbonyl (C=O) groups excluding carboxylic acids is 2. The summed E-state index contributed by atoms with van der Waals surface area (Å²) >= 11 is 8.70. The van der Waals surface area contributed by atoms with Gasteiger partial charge in [-0.2, -0.15) is 25.3 Å². The van der Waals surface area contributed by atoms with Crippen LogP contribution in [0.2, 0.25) is 0 Å². The van der Waals surface area contributed by atoms with Gasteiger partial charge in [0, 0.05) is 44.1 Å². The van der Waals surface area contributed by atoms with E-state index in [0.29, 0.717) is 24.7 Å². The first-order valence-corrected chi connectivity index (χ1v) is 11.1. The fraction of sp³-hybridized carbons (Fsp3) is 0.619. The Morgan fingerprint density at radius 1 is 1.21 bits per heavy atom. The third kappa shape index (κ3) is 7.72. The number of nitrogens with zero attached hydrogens (tertiary/aromatic N) is 1. The van der Waals surface area contributed by atoms with E-state index in [1.807, 2.05) is 30.3 Å². The molecule has 1 N–H and O–H groups in total. The normalized spacial score (nSPS) is 18.5. The van der Waals surface area contributed by atoms with Gasteiger partial charge in [0.25, 0.3) is 5.91 Å². The van der Waals surface area contributed by atoms with Crippen LogP contribution in [0.15, 0.2) is 30.3 Å². The monoisotopic (exact) mass is 652 g/mol. The quantitative estimate of drug-likeness (QED) is 0.335. The number of aliphatic hydroxyl groups is 1. The summed E-state index contributed by atoms with van der Waals surface area (Å²) in [6, 6.07) is 8.80. The summed E-state index contributed by atoms with van der Waals surface area (Å²) in [7, 11) is 0. The van der Waals surface area contributed by atoms with E-state index in [1.165, 1.54) is 0 Å². The van der Waals surface area contributed by atoms with Crippen molar-refractivity contribution in [3.63, 3.8) is 0 Å². The molecule has 3 atom stereocenters. The Morgan fingerprint density at radius 3 is 2.38 bits per heavy atom. The van der Waals surface area contributed by atoms with Gasteiger partial charge in [-0.25, -0.2) is 9.69 Å². The van der Waals surface area contributed by atoms with Crippen LogP contribution in [0.1, 0.15) is 44.7 Å². The molecule has 0 aliphatic carbocycles. The van der Waals surface area contributed by atoms with Crippen molar-refractivity contribution in [2.75, 3.05) is 18.1 Å². The molecule has 2 amide bonds. The Labute approximate surface area is 220 Å². The smallest absolute Gasteiger partial charge is 0.417 e. The van der Waals surface area contributed by atoms with E-state index in [9.17, 15) is 14.7 Å². The minimum atomic E-state index is -1.24. The molecule has 1 aliphatic heterocycles. The molecule has 159 valence electrons. The van der Waals surface area contributed by atoms with Crippen molar-refractivity contribution in [3.05, 3.63) is 35.9 Å². The number of amides is 2. The van der Waals surface area contributed by atoms with Gasteiger partial charge in [-0.15, -0.1) is 0 Å². The second-order valence-corrected chi connectivity index (χ2v) is 8.58. The molecule has 1 aromatic carbocycles. The largest absolute Gasteiger partial charge is 0.446 e. The summed E-state index contributed by atoms with van der Waals surface area (Å²) < 4.78 is 5.13. The molecule has 1 radical (unpaired) electrons. The number of rotatable bonds is 10. The van der Waals surface area contributed by atoms with Crippen molar-refractivity contribution >= 4 is 37.3 Å². The van der Waals surface area contributed by atoms with Crippen LogP contribution < -0.4 is 0 Å². The predicted octanol–water partition coefficient (Wildman–Crippen LogP) is 3.99. The topological polar surface area (TPSA) is 66.8 Å². The number of carbonyl (C=O) groups is 2. The third-order valence-corrected chi connectivity index (χ3v) is 6.26. The summed E-state index contributed by atoms with van der Waals surface area (Å²) in [4.78, 5) is 26.4. The fourth-order valence-electron chi connectivity index (χ4n) is 3.63. The van der Waals surface area contributed by atoms with Crippen molar-refractivity contribution in [2.24, 2.45) is 17.8 Å². The van der Waals surface area contributed by atoms with Crippen molar-refractivity contribution in [2.45, 2.75) is 45.3 Å². The van der Waals surface area contributed by atoms with Crippen molar-refractivity contribution < 1.29 is 63.5 Å². The molecule has 2 rings (SSSR count). The van der Waals surface area contributed by atoms with Crippen molar-refractivity contribution in [3.8, 4) is 0 Å². The molecule has 8 heteroatoms. The molecule has 1 aliphatic rings. The Hall–Kier alpha value is 0.262. The number of thiol groups is 2. The summed E-state index contributed by atoms with van der Waals surface area (Å²) in [5, 5.41) is 10.9. The molecule has 1 fully saturated rings. The molecule has 0 saturated carbocycles. The van der Waals surface area contributed by atoms with E-state index < -0.39 is 24.1 Å². The Kier molecular flexibility index (Phi) is 12.8. The van der Waals surface area contributed by atoms with E-state index in [1.54, 1.807) is 0 Å². The molecule has 1 heterocycles. The van der Waals surface area contributed by atoms with E-state index in [0.717, 1.165) is 28.4 Å². The Balaban J connectivity index is 0.00000420. The number of hydrogen-bond acceptors (Lipinski definition) is 6. The van der Waals surface area contributed by atoms with Crippen LogP contribution in [0.3, 0.4) is 0 Å². The molecule has 1 saturated heterocycles. The van der Waals surface area contributed by atoms with Crippen LogP contribution >= 0.6 is 25.3 Å². The summed E-state index contributed by atoms with van der Waals surface area (Å²) in [6.07, 6.45) is 0.305. The minimum absolute atomic E-state index is 0.